The van der Waals surface area contributed by atoms with Gasteiger partial charge < -0.3 is 14.5 Å². The van der Waals surface area contributed by atoms with Gasteiger partial charge in [-0.25, -0.2) is 8.42 Å². The molecule has 2 aliphatic heterocycles. The van der Waals surface area contributed by atoms with E-state index in [9.17, 15) is 18.0 Å². The van der Waals surface area contributed by atoms with Crippen LogP contribution in [0.5, 0.6) is 0 Å². The van der Waals surface area contributed by atoms with E-state index in [1.54, 1.807) is 35.2 Å². The second-order valence-electron chi connectivity index (χ2n) is 8.04. The third kappa shape index (κ3) is 4.55. The van der Waals surface area contributed by atoms with Gasteiger partial charge in [-0.2, -0.15) is 0 Å². The topological polar surface area (TPSA) is 84.0 Å². The summed E-state index contributed by atoms with van der Waals surface area (Å²) in [5.41, 5.74) is -0.492. The van der Waals surface area contributed by atoms with E-state index in [-0.39, 0.29) is 35.0 Å². The Balaban J connectivity index is 1.52. The third-order valence-corrected chi connectivity index (χ3v) is 7.39. The van der Waals surface area contributed by atoms with Crippen molar-refractivity contribution in [3.8, 4) is 0 Å². The van der Waals surface area contributed by atoms with Gasteiger partial charge in [0.15, 0.2) is 9.84 Å². The monoisotopic (exact) mass is 408 g/mol. The molecule has 2 saturated heterocycles. The standard InChI is InChI=1S/C20H28N2O5S/c1-21(2)15-16-14-20(19(24)27-16)9-11-22(12-10-20)18(23)8-13-28(25,26)17-6-4-3-5-7-17/h3-7,16H,8-15H2,1-2H3. The summed E-state index contributed by atoms with van der Waals surface area (Å²) >= 11 is 0. The molecule has 2 fully saturated rings. The maximum Gasteiger partial charge on any atom is 0.312 e. The summed E-state index contributed by atoms with van der Waals surface area (Å²) in [6, 6.07) is 8.18. The Bertz CT molecular complexity index is 814. The molecule has 1 aromatic carbocycles. The van der Waals surface area contributed by atoms with Crippen molar-refractivity contribution in [1.29, 1.82) is 0 Å². The van der Waals surface area contributed by atoms with Crippen LogP contribution in [0.4, 0.5) is 0 Å². The molecule has 1 atom stereocenters. The minimum Gasteiger partial charge on any atom is -0.461 e. The van der Waals surface area contributed by atoms with E-state index in [2.05, 4.69) is 0 Å². The summed E-state index contributed by atoms with van der Waals surface area (Å²) in [6.07, 6.45) is 1.70. The SMILES string of the molecule is CN(C)CC1CC2(CCN(C(=O)CCS(=O)(=O)c3ccccc3)CC2)C(=O)O1. The van der Waals surface area contributed by atoms with Crippen molar-refractivity contribution < 1.29 is 22.7 Å². The normalized spacial score (nSPS) is 21.9. The highest BCUT2D eigenvalue weighted by atomic mass is 32.2. The van der Waals surface area contributed by atoms with Gasteiger partial charge in [0.05, 0.1) is 16.1 Å². The molecule has 0 N–H and O–H groups in total. The lowest BCUT2D eigenvalue weighted by atomic mass is 9.76. The number of rotatable bonds is 6. The summed E-state index contributed by atoms with van der Waals surface area (Å²) in [5.74, 6) is -0.534. The van der Waals surface area contributed by atoms with E-state index in [0.717, 1.165) is 0 Å². The summed E-state index contributed by atoms with van der Waals surface area (Å²) in [4.78, 5) is 28.8. The Morgan fingerprint density at radius 2 is 1.86 bits per heavy atom. The molecule has 7 nitrogen and oxygen atoms in total. The highest BCUT2D eigenvalue weighted by Gasteiger charge is 2.50. The lowest BCUT2D eigenvalue weighted by Crippen LogP contribution is -2.45. The van der Waals surface area contributed by atoms with Crippen LogP contribution in [-0.4, -0.2) is 75.7 Å². The highest BCUT2D eigenvalue weighted by molar-refractivity contribution is 7.91. The number of hydrogen-bond donors (Lipinski definition) is 0. The number of piperidine rings is 1. The van der Waals surface area contributed by atoms with Crippen LogP contribution < -0.4 is 0 Å². The largest absolute Gasteiger partial charge is 0.461 e. The van der Waals surface area contributed by atoms with Gasteiger partial charge in [0.25, 0.3) is 0 Å². The zero-order valence-electron chi connectivity index (χ0n) is 16.5. The maximum atomic E-state index is 12.5. The van der Waals surface area contributed by atoms with E-state index < -0.39 is 15.3 Å². The van der Waals surface area contributed by atoms with Crippen molar-refractivity contribution >= 4 is 21.7 Å². The molecule has 154 valence electrons. The Hall–Kier alpha value is -1.93. The number of hydrogen-bond acceptors (Lipinski definition) is 6. The van der Waals surface area contributed by atoms with Gasteiger partial charge in [-0.05, 0) is 39.1 Å². The van der Waals surface area contributed by atoms with Crippen LogP contribution in [-0.2, 0) is 24.2 Å². The van der Waals surface area contributed by atoms with E-state index in [0.29, 0.717) is 38.9 Å². The van der Waals surface area contributed by atoms with Crippen molar-refractivity contribution in [3.05, 3.63) is 30.3 Å². The number of carbonyl (C=O) groups is 2. The van der Waals surface area contributed by atoms with E-state index in [1.807, 2.05) is 19.0 Å². The van der Waals surface area contributed by atoms with Crippen LogP contribution in [0.1, 0.15) is 25.7 Å². The summed E-state index contributed by atoms with van der Waals surface area (Å²) in [6.45, 7) is 1.63. The first-order valence-corrected chi connectivity index (χ1v) is 11.3. The van der Waals surface area contributed by atoms with Crippen LogP contribution in [0.2, 0.25) is 0 Å². The first-order valence-electron chi connectivity index (χ1n) is 9.63. The molecule has 1 spiro atoms. The molecule has 28 heavy (non-hydrogen) atoms. The molecule has 2 aliphatic rings. The Kier molecular flexibility index (Phi) is 6.09. The fourth-order valence-electron chi connectivity index (χ4n) is 4.06. The predicted octanol–water partition coefficient (Wildman–Crippen LogP) is 1.34. The number of nitrogens with zero attached hydrogens (tertiary/aromatic N) is 2. The molecule has 0 aromatic heterocycles. The Labute approximate surface area is 166 Å². The van der Waals surface area contributed by atoms with Gasteiger partial charge in [0.1, 0.15) is 6.10 Å². The predicted molar refractivity (Wildman–Crippen MR) is 104 cm³/mol. The maximum absolute atomic E-state index is 12.5. The number of esters is 1. The zero-order chi connectivity index (χ0) is 20.4. The first kappa shape index (κ1) is 20.8. The van der Waals surface area contributed by atoms with Crippen LogP contribution in [0.15, 0.2) is 35.2 Å². The fraction of sp³-hybridized carbons (Fsp3) is 0.600. The lowest BCUT2D eigenvalue weighted by molar-refractivity contribution is -0.152. The lowest BCUT2D eigenvalue weighted by Gasteiger charge is -2.36. The number of likely N-dealkylation sites (N-methyl/N-ethyl adjacent to an activating group) is 1. The van der Waals surface area contributed by atoms with Gasteiger partial charge in [-0.15, -0.1) is 0 Å². The summed E-state index contributed by atoms with van der Waals surface area (Å²) in [7, 11) is 0.426. The molecule has 0 saturated carbocycles. The quantitative estimate of drug-likeness (QED) is 0.661. The van der Waals surface area contributed by atoms with Crippen molar-refractivity contribution in [2.75, 3.05) is 39.5 Å². The smallest absolute Gasteiger partial charge is 0.312 e. The van der Waals surface area contributed by atoms with Crippen molar-refractivity contribution in [2.45, 2.75) is 36.7 Å². The van der Waals surface area contributed by atoms with Gasteiger partial charge in [-0.3, -0.25) is 9.59 Å². The van der Waals surface area contributed by atoms with Crippen molar-refractivity contribution in [1.82, 2.24) is 9.80 Å². The molecule has 1 unspecified atom stereocenters. The molecule has 0 aliphatic carbocycles. The molecular formula is C20H28N2O5S. The fourth-order valence-corrected chi connectivity index (χ4v) is 5.32. The second kappa shape index (κ2) is 8.21. The highest BCUT2D eigenvalue weighted by Crippen LogP contribution is 2.43. The van der Waals surface area contributed by atoms with Gasteiger partial charge >= 0.3 is 5.97 Å². The van der Waals surface area contributed by atoms with Crippen LogP contribution in [0.3, 0.4) is 0 Å². The first-order chi connectivity index (χ1) is 13.2. The number of amides is 1. The average molecular weight is 409 g/mol. The number of likely N-dealkylation sites (tertiary alicyclic amines) is 1. The van der Waals surface area contributed by atoms with Gasteiger partial charge in [0.2, 0.25) is 5.91 Å². The second-order valence-corrected chi connectivity index (χ2v) is 10.1. The Morgan fingerprint density at radius 1 is 1.21 bits per heavy atom. The number of cyclic esters (lactones) is 1. The number of ether oxygens (including phenoxy) is 1. The van der Waals surface area contributed by atoms with Gasteiger partial charge in [0, 0.05) is 32.5 Å². The molecule has 1 aromatic rings. The molecule has 2 heterocycles. The average Bonchev–Trinajstić information content (AvgIpc) is 2.95. The molecular weight excluding hydrogens is 380 g/mol. The minimum absolute atomic E-state index is 0.0437. The van der Waals surface area contributed by atoms with Gasteiger partial charge in [-0.1, -0.05) is 18.2 Å². The molecule has 0 radical (unpaired) electrons. The number of sulfone groups is 1. The zero-order valence-corrected chi connectivity index (χ0v) is 17.3. The van der Waals surface area contributed by atoms with Crippen molar-refractivity contribution in [2.24, 2.45) is 5.41 Å². The molecule has 0 bridgehead atoms. The van der Waals surface area contributed by atoms with Crippen molar-refractivity contribution in [3.63, 3.8) is 0 Å². The van der Waals surface area contributed by atoms with Crippen LogP contribution in [0, 0.1) is 5.41 Å². The number of carbonyl (C=O) groups excluding carboxylic acids is 2. The van der Waals surface area contributed by atoms with Crippen LogP contribution in [0.25, 0.3) is 0 Å². The molecule has 1 amide bonds. The number of benzene rings is 1. The van der Waals surface area contributed by atoms with Crippen LogP contribution >= 0.6 is 0 Å². The summed E-state index contributed by atoms with van der Waals surface area (Å²) < 4.78 is 30.2. The third-order valence-electron chi connectivity index (χ3n) is 5.65. The van der Waals surface area contributed by atoms with E-state index in [1.165, 1.54) is 0 Å². The van der Waals surface area contributed by atoms with E-state index >= 15 is 0 Å². The molecule has 8 heteroatoms. The summed E-state index contributed by atoms with van der Waals surface area (Å²) in [5, 5.41) is 0. The Morgan fingerprint density at radius 3 is 2.46 bits per heavy atom. The minimum atomic E-state index is -3.47. The molecule has 3 rings (SSSR count). The van der Waals surface area contributed by atoms with E-state index in [4.69, 9.17) is 4.74 Å².